The molecule has 1 unspecified atom stereocenters. The van der Waals surface area contributed by atoms with Crippen molar-refractivity contribution in [1.29, 1.82) is 0 Å². The Kier molecular flexibility index (Phi) is 7.47. The van der Waals surface area contributed by atoms with E-state index >= 15 is 0 Å². The maximum absolute atomic E-state index is 13.6. The van der Waals surface area contributed by atoms with Crippen molar-refractivity contribution in [3.05, 3.63) is 60.2 Å². The molecule has 1 aliphatic rings. The standard InChI is InChI=1S/C22H28N2O5S/c1-3-23-15-16-29-21(17-23)24(19-7-5-4-6-8-19)30(26,27)20-12-9-18(10-13-20)11-14-22(25)28-2/h4-10,12-13,21H,3,11,14-17H2,1-2H3. The normalized spacial score (nSPS) is 17.5. The fourth-order valence-electron chi connectivity index (χ4n) is 3.44. The maximum atomic E-state index is 13.6. The highest BCUT2D eigenvalue weighted by molar-refractivity contribution is 7.92. The van der Waals surface area contributed by atoms with Gasteiger partial charge >= 0.3 is 5.97 Å². The van der Waals surface area contributed by atoms with Crippen LogP contribution in [0.2, 0.25) is 0 Å². The lowest BCUT2D eigenvalue weighted by atomic mass is 10.1. The van der Waals surface area contributed by atoms with E-state index in [-0.39, 0.29) is 17.3 Å². The van der Waals surface area contributed by atoms with E-state index in [1.54, 1.807) is 36.4 Å². The number of morpholine rings is 1. The van der Waals surface area contributed by atoms with Gasteiger partial charge in [0.05, 0.1) is 24.3 Å². The Morgan fingerprint density at radius 3 is 2.50 bits per heavy atom. The largest absolute Gasteiger partial charge is 0.469 e. The molecule has 0 spiro atoms. The minimum Gasteiger partial charge on any atom is -0.469 e. The van der Waals surface area contributed by atoms with Gasteiger partial charge in [-0.1, -0.05) is 37.3 Å². The molecule has 1 heterocycles. The average molecular weight is 433 g/mol. The molecule has 0 saturated carbocycles. The van der Waals surface area contributed by atoms with Crippen LogP contribution in [-0.4, -0.2) is 58.9 Å². The summed E-state index contributed by atoms with van der Waals surface area (Å²) in [5.74, 6) is -0.295. The topological polar surface area (TPSA) is 76.2 Å². The number of benzene rings is 2. The number of carbonyl (C=O) groups is 1. The van der Waals surface area contributed by atoms with E-state index in [4.69, 9.17) is 4.74 Å². The molecular weight excluding hydrogens is 404 g/mol. The molecule has 0 aliphatic carbocycles. The summed E-state index contributed by atoms with van der Waals surface area (Å²) in [5.41, 5.74) is 1.44. The van der Waals surface area contributed by atoms with Crippen molar-refractivity contribution in [1.82, 2.24) is 4.90 Å². The number of nitrogens with zero attached hydrogens (tertiary/aromatic N) is 2. The molecule has 2 aromatic carbocycles. The Labute approximate surface area is 178 Å². The number of para-hydroxylation sites is 1. The average Bonchev–Trinajstić information content (AvgIpc) is 2.78. The molecule has 162 valence electrons. The maximum Gasteiger partial charge on any atom is 0.305 e. The van der Waals surface area contributed by atoms with Crippen LogP contribution in [0.3, 0.4) is 0 Å². The summed E-state index contributed by atoms with van der Waals surface area (Å²) < 4.78 is 39.1. The number of aryl methyl sites for hydroxylation is 1. The van der Waals surface area contributed by atoms with Gasteiger partial charge in [0.2, 0.25) is 0 Å². The summed E-state index contributed by atoms with van der Waals surface area (Å²) >= 11 is 0. The van der Waals surface area contributed by atoms with E-state index in [2.05, 4.69) is 16.6 Å². The monoisotopic (exact) mass is 432 g/mol. The van der Waals surface area contributed by atoms with Crippen LogP contribution in [0.1, 0.15) is 18.9 Å². The van der Waals surface area contributed by atoms with Gasteiger partial charge in [-0.25, -0.2) is 12.7 Å². The SMILES string of the molecule is CCN1CCOC(N(c2ccccc2)S(=O)(=O)c2ccc(CCC(=O)OC)cc2)C1. The van der Waals surface area contributed by atoms with Gasteiger partial charge in [0.25, 0.3) is 10.0 Å². The molecule has 0 radical (unpaired) electrons. The van der Waals surface area contributed by atoms with E-state index in [0.717, 1.165) is 18.7 Å². The van der Waals surface area contributed by atoms with Gasteiger partial charge in [-0.2, -0.15) is 0 Å². The summed E-state index contributed by atoms with van der Waals surface area (Å²) in [6.45, 7) is 4.64. The van der Waals surface area contributed by atoms with Crippen molar-refractivity contribution in [2.24, 2.45) is 0 Å². The molecule has 0 amide bonds. The summed E-state index contributed by atoms with van der Waals surface area (Å²) in [6, 6.07) is 15.7. The van der Waals surface area contributed by atoms with E-state index in [9.17, 15) is 13.2 Å². The van der Waals surface area contributed by atoms with Crippen molar-refractivity contribution < 1.29 is 22.7 Å². The zero-order valence-electron chi connectivity index (χ0n) is 17.4. The third-order valence-corrected chi connectivity index (χ3v) is 7.01. The molecule has 1 fully saturated rings. The minimum absolute atomic E-state index is 0.186. The highest BCUT2D eigenvalue weighted by Gasteiger charge is 2.35. The van der Waals surface area contributed by atoms with Crippen LogP contribution in [-0.2, 0) is 30.7 Å². The zero-order valence-corrected chi connectivity index (χ0v) is 18.2. The number of anilines is 1. The summed E-state index contributed by atoms with van der Waals surface area (Å²) in [6.07, 6.45) is 0.138. The van der Waals surface area contributed by atoms with Crippen LogP contribution in [0.25, 0.3) is 0 Å². The highest BCUT2D eigenvalue weighted by atomic mass is 32.2. The molecule has 1 saturated heterocycles. The first kappa shape index (κ1) is 22.3. The number of carbonyl (C=O) groups excluding carboxylic acids is 1. The van der Waals surface area contributed by atoms with E-state index in [1.807, 2.05) is 18.2 Å². The fourth-order valence-corrected chi connectivity index (χ4v) is 4.98. The van der Waals surface area contributed by atoms with Crippen LogP contribution < -0.4 is 4.31 Å². The first-order chi connectivity index (χ1) is 14.5. The lowest BCUT2D eigenvalue weighted by molar-refractivity contribution is -0.140. The molecule has 8 heteroatoms. The number of hydrogen-bond donors (Lipinski definition) is 0. The van der Waals surface area contributed by atoms with Gasteiger partial charge < -0.3 is 9.47 Å². The van der Waals surface area contributed by atoms with E-state index < -0.39 is 16.3 Å². The van der Waals surface area contributed by atoms with E-state index in [1.165, 1.54) is 11.4 Å². The lowest BCUT2D eigenvalue weighted by Crippen LogP contribution is -2.53. The molecule has 7 nitrogen and oxygen atoms in total. The summed E-state index contributed by atoms with van der Waals surface area (Å²) in [7, 11) is -2.50. The van der Waals surface area contributed by atoms with Gasteiger partial charge in [0.15, 0.2) is 6.23 Å². The fraction of sp³-hybridized carbons (Fsp3) is 0.409. The second-order valence-corrected chi connectivity index (χ2v) is 8.89. The quantitative estimate of drug-likeness (QED) is 0.597. The number of methoxy groups -OCH3 is 1. The second-order valence-electron chi connectivity index (χ2n) is 7.08. The van der Waals surface area contributed by atoms with Crippen LogP contribution in [0, 0.1) is 0 Å². The van der Waals surface area contributed by atoms with Gasteiger partial charge in [-0.05, 0) is 42.8 Å². The third kappa shape index (κ3) is 5.19. The molecular formula is C22H28N2O5S. The van der Waals surface area contributed by atoms with Crippen LogP contribution >= 0.6 is 0 Å². The smallest absolute Gasteiger partial charge is 0.305 e. The first-order valence-corrected chi connectivity index (χ1v) is 11.5. The Balaban J connectivity index is 1.89. The predicted molar refractivity (Wildman–Crippen MR) is 115 cm³/mol. The number of hydrogen-bond acceptors (Lipinski definition) is 6. The van der Waals surface area contributed by atoms with Crippen LogP contribution in [0.4, 0.5) is 5.69 Å². The molecule has 0 bridgehead atoms. The zero-order chi connectivity index (χ0) is 21.6. The van der Waals surface area contributed by atoms with Crippen molar-refractivity contribution in [3.63, 3.8) is 0 Å². The highest BCUT2D eigenvalue weighted by Crippen LogP contribution is 2.28. The van der Waals surface area contributed by atoms with Gasteiger partial charge in [-0.3, -0.25) is 9.69 Å². The number of ether oxygens (including phenoxy) is 2. The summed E-state index contributed by atoms with van der Waals surface area (Å²) in [4.78, 5) is 13.7. The molecule has 0 N–H and O–H groups in total. The number of sulfonamides is 1. The second kappa shape index (κ2) is 10.1. The van der Waals surface area contributed by atoms with Crippen LogP contribution in [0.5, 0.6) is 0 Å². The van der Waals surface area contributed by atoms with E-state index in [0.29, 0.717) is 25.3 Å². The first-order valence-electron chi connectivity index (χ1n) is 10.0. The molecule has 1 aliphatic heterocycles. The number of likely N-dealkylation sites (N-methyl/N-ethyl adjacent to an activating group) is 1. The predicted octanol–water partition coefficient (Wildman–Crippen LogP) is 2.67. The van der Waals surface area contributed by atoms with Crippen molar-refractivity contribution in [2.45, 2.75) is 30.9 Å². The molecule has 2 aromatic rings. The van der Waals surface area contributed by atoms with Crippen molar-refractivity contribution >= 4 is 21.7 Å². The van der Waals surface area contributed by atoms with Gasteiger partial charge in [0.1, 0.15) is 0 Å². The third-order valence-electron chi connectivity index (χ3n) is 5.18. The van der Waals surface area contributed by atoms with Crippen LogP contribution in [0.15, 0.2) is 59.5 Å². The van der Waals surface area contributed by atoms with Crippen molar-refractivity contribution in [3.8, 4) is 0 Å². The lowest BCUT2D eigenvalue weighted by Gasteiger charge is -2.39. The van der Waals surface area contributed by atoms with Crippen molar-refractivity contribution in [2.75, 3.05) is 37.7 Å². The Bertz CT molecular complexity index is 932. The Morgan fingerprint density at radius 2 is 1.87 bits per heavy atom. The molecule has 30 heavy (non-hydrogen) atoms. The summed E-state index contributed by atoms with van der Waals surface area (Å²) in [5, 5.41) is 0. The Hall–Kier alpha value is -2.42. The molecule has 3 rings (SSSR count). The molecule has 0 aromatic heterocycles. The Morgan fingerprint density at radius 1 is 1.17 bits per heavy atom. The number of esters is 1. The van der Waals surface area contributed by atoms with Gasteiger partial charge in [0, 0.05) is 19.5 Å². The van der Waals surface area contributed by atoms with Gasteiger partial charge in [-0.15, -0.1) is 0 Å². The minimum atomic E-state index is -3.85. The number of rotatable bonds is 8. The molecule has 1 atom stereocenters.